The van der Waals surface area contributed by atoms with Gasteiger partial charge in [-0.05, 0) is 46.0 Å². The number of ether oxygens (including phenoxy) is 1. The van der Waals surface area contributed by atoms with E-state index in [4.69, 9.17) is 4.74 Å². The molecular weight excluding hydrogens is 503 g/mol. The van der Waals surface area contributed by atoms with Gasteiger partial charge < -0.3 is 20.3 Å². The van der Waals surface area contributed by atoms with E-state index in [0.29, 0.717) is 30.1 Å². The number of hydrogen-bond acceptors (Lipinski definition) is 5. The van der Waals surface area contributed by atoms with E-state index < -0.39 is 9.84 Å². The molecule has 3 rings (SSSR count). The Morgan fingerprint density at radius 3 is 2.41 bits per heavy atom. The maximum Gasteiger partial charge on any atom is 0.191 e. The van der Waals surface area contributed by atoms with Gasteiger partial charge in [0.2, 0.25) is 0 Å². The van der Waals surface area contributed by atoms with Crippen molar-refractivity contribution in [1.29, 1.82) is 0 Å². The summed E-state index contributed by atoms with van der Waals surface area (Å²) in [6.45, 7) is 8.23. The van der Waals surface area contributed by atoms with Crippen molar-refractivity contribution in [3.63, 3.8) is 0 Å². The lowest BCUT2D eigenvalue weighted by atomic mass is 9.51. The van der Waals surface area contributed by atoms with Gasteiger partial charge in [0.25, 0.3) is 0 Å². The lowest BCUT2D eigenvalue weighted by Crippen LogP contribution is -2.69. The first-order chi connectivity index (χ1) is 13.4. The molecule has 1 saturated heterocycles. The number of aliphatic imine (C=N–C) groups is 1. The third-order valence-corrected chi connectivity index (χ3v) is 7.70. The molecule has 0 bridgehead atoms. The maximum absolute atomic E-state index is 11.4. The van der Waals surface area contributed by atoms with Crippen LogP contribution >= 0.6 is 24.0 Å². The molecule has 9 heteroatoms. The number of rotatable bonds is 8. The monoisotopic (exact) mass is 542 g/mol. The summed E-state index contributed by atoms with van der Waals surface area (Å²) in [6, 6.07) is 0.859. The summed E-state index contributed by atoms with van der Waals surface area (Å²) in [6.07, 6.45) is 8.65. The molecule has 1 aliphatic heterocycles. The standard InChI is InChI=1S/C20H38N4O3S.HI/c1-4-21-19(23-17-15-18(27-5-2)20(17)9-6-10-20)22-16-7-11-24(12-8-16)13-14-28(3,25)26;/h16-18H,4-15H2,1-3H3,(H2,21,22,23);1H. The minimum Gasteiger partial charge on any atom is -0.378 e. The lowest BCUT2D eigenvalue weighted by molar-refractivity contribution is -0.168. The van der Waals surface area contributed by atoms with E-state index in [0.717, 1.165) is 51.5 Å². The lowest BCUT2D eigenvalue weighted by Gasteiger charge is -2.61. The van der Waals surface area contributed by atoms with E-state index in [2.05, 4.69) is 34.4 Å². The Kier molecular flexibility index (Phi) is 9.49. The first-order valence-corrected chi connectivity index (χ1v) is 13.0. The molecule has 1 spiro atoms. The van der Waals surface area contributed by atoms with Gasteiger partial charge in [-0.25, -0.2) is 8.42 Å². The number of nitrogens with one attached hydrogen (secondary N) is 2. The minimum absolute atomic E-state index is 0. The summed E-state index contributed by atoms with van der Waals surface area (Å²) in [5, 5.41) is 7.34. The van der Waals surface area contributed by atoms with Gasteiger partial charge >= 0.3 is 0 Å². The highest BCUT2D eigenvalue weighted by Gasteiger charge is 2.59. The molecule has 29 heavy (non-hydrogen) atoms. The van der Waals surface area contributed by atoms with Crippen molar-refractivity contribution in [2.24, 2.45) is 10.4 Å². The quantitative estimate of drug-likeness (QED) is 0.278. The highest BCUT2D eigenvalue weighted by atomic mass is 127. The zero-order valence-corrected chi connectivity index (χ0v) is 21.3. The number of sulfone groups is 1. The summed E-state index contributed by atoms with van der Waals surface area (Å²) < 4.78 is 28.7. The van der Waals surface area contributed by atoms with Crippen LogP contribution in [0.1, 0.15) is 52.4 Å². The van der Waals surface area contributed by atoms with E-state index >= 15 is 0 Å². The van der Waals surface area contributed by atoms with Crippen LogP contribution < -0.4 is 10.6 Å². The fourth-order valence-corrected chi connectivity index (χ4v) is 5.48. The van der Waals surface area contributed by atoms with Gasteiger partial charge in [0, 0.05) is 56.5 Å². The molecule has 2 aliphatic carbocycles. The number of piperidine rings is 1. The fourth-order valence-electron chi connectivity index (χ4n) is 4.89. The molecule has 2 unspecified atom stereocenters. The number of likely N-dealkylation sites (tertiary alicyclic amines) is 1. The molecule has 2 atom stereocenters. The van der Waals surface area contributed by atoms with Crippen molar-refractivity contribution in [1.82, 2.24) is 15.5 Å². The average Bonchev–Trinajstić information content (AvgIpc) is 2.58. The molecule has 1 heterocycles. The molecule has 170 valence electrons. The Balaban J connectivity index is 0.00000300. The van der Waals surface area contributed by atoms with E-state index in [1.807, 2.05) is 0 Å². The van der Waals surface area contributed by atoms with Crippen LogP contribution in [0.4, 0.5) is 0 Å². The van der Waals surface area contributed by atoms with E-state index in [1.54, 1.807) is 0 Å². The van der Waals surface area contributed by atoms with Crippen molar-refractivity contribution in [3.05, 3.63) is 0 Å². The Bertz CT molecular complexity index is 646. The van der Waals surface area contributed by atoms with Gasteiger partial charge in [0.05, 0.1) is 11.9 Å². The number of hydrogen-bond donors (Lipinski definition) is 2. The highest BCUT2D eigenvalue weighted by Crippen LogP contribution is 2.57. The van der Waals surface area contributed by atoms with Gasteiger partial charge in [0.15, 0.2) is 5.96 Å². The Hall–Kier alpha value is -0.130. The largest absolute Gasteiger partial charge is 0.378 e. The molecule has 0 aromatic heterocycles. The third-order valence-electron chi connectivity index (χ3n) is 6.77. The first kappa shape index (κ1) is 25.1. The molecule has 3 fully saturated rings. The smallest absolute Gasteiger partial charge is 0.191 e. The fraction of sp³-hybridized carbons (Fsp3) is 0.950. The van der Waals surface area contributed by atoms with Crippen LogP contribution in [0.5, 0.6) is 0 Å². The zero-order valence-electron chi connectivity index (χ0n) is 18.2. The van der Waals surface area contributed by atoms with E-state index in [1.165, 1.54) is 25.5 Å². The zero-order chi connectivity index (χ0) is 20.2. The molecule has 2 saturated carbocycles. The molecular formula is C20H39IN4O3S. The SMILES string of the molecule is CCN=C(NC1CCN(CCS(C)(=O)=O)CC1)NC1CC(OCC)C12CCC2.I. The summed E-state index contributed by atoms with van der Waals surface area (Å²) in [4.78, 5) is 6.94. The summed E-state index contributed by atoms with van der Waals surface area (Å²) >= 11 is 0. The van der Waals surface area contributed by atoms with Gasteiger partial charge in [-0.1, -0.05) is 6.42 Å². The van der Waals surface area contributed by atoms with E-state index in [9.17, 15) is 8.42 Å². The summed E-state index contributed by atoms with van der Waals surface area (Å²) in [5.74, 6) is 1.18. The molecule has 2 N–H and O–H groups in total. The van der Waals surface area contributed by atoms with Gasteiger partial charge in [0.1, 0.15) is 9.84 Å². The van der Waals surface area contributed by atoms with Crippen molar-refractivity contribution in [2.45, 2.75) is 70.6 Å². The van der Waals surface area contributed by atoms with Crippen LogP contribution in [-0.4, -0.2) is 82.3 Å². The summed E-state index contributed by atoms with van der Waals surface area (Å²) in [7, 11) is -2.89. The number of guanidine groups is 1. The van der Waals surface area contributed by atoms with Gasteiger partial charge in [-0.15, -0.1) is 24.0 Å². The normalized spacial score (nSPS) is 27.6. The number of nitrogens with zero attached hydrogens (tertiary/aromatic N) is 2. The minimum atomic E-state index is -2.89. The first-order valence-electron chi connectivity index (χ1n) is 11.0. The molecule has 0 aromatic carbocycles. The van der Waals surface area contributed by atoms with Crippen molar-refractivity contribution >= 4 is 39.8 Å². The second-order valence-corrected chi connectivity index (χ2v) is 10.9. The molecule has 0 amide bonds. The highest BCUT2D eigenvalue weighted by molar-refractivity contribution is 14.0. The predicted molar refractivity (Wildman–Crippen MR) is 129 cm³/mol. The van der Waals surface area contributed by atoms with Crippen LogP contribution in [0, 0.1) is 5.41 Å². The summed E-state index contributed by atoms with van der Waals surface area (Å²) in [5.41, 5.74) is 0.321. The van der Waals surface area contributed by atoms with Crippen molar-refractivity contribution < 1.29 is 13.2 Å². The molecule has 0 radical (unpaired) electrons. The van der Waals surface area contributed by atoms with Crippen LogP contribution in [0.2, 0.25) is 0 Å². The van der Waals surface area contributed by atoms with Crippen LogP contribution in [-0.2, 0) is 14.6 Å². The Morgan fingerprint density at radius 1 is 1.21 bits per heavy atom. The third kappa shape index (κ3) is 6.43. The van der Waals surface area contributed by atoms with Gasteiger partial charge in [-0.3, -0.25) is 4.99 Å². The van der Waals surface area contributed by atoms with Crippen LogP contribution in [0.15, 0.2) is 4.99 Å². The average molecular weight is 543 g/mol. The Labute approximate surface area is 193 Å². The Morgan fingerprint density at radius 2 is 1.90 bits per heavy atom. The second kappa shape index (κ2) is 10.9. The van der Waals surface area contributed by atoms with Crippen molar-refractivity contribution in [3.8, 4) is 0 Å². The topological polar surface area (TPSA) is 83.0 Å². The van der Waals surface area contributed by atoms with Crippen LogP contribution in [0.3, 0.4) is 0 Å². The number of halogens is 1. The maximum atomic E-state index is 11.4. The molecule has 3 aliphatic rings. The van der Waals surface area contributed by atoms with Gasteiger partial charge in [-0.2, -0.15) is 0 Å². The molecule has 7 nitrogen and oxygen atoms in total. The van der Waals surface area contributed by atoms with Crippen molar-refractivity contribution in [2.75, 3.05) is 44.8 Å². The second-order valence-electron chi connectivity index (χ2n) is 8.68. The molecule has 0 aromatic rings. The van der Waals surface area contributed by atoms with E-state index in [-0.39, 0.29) is 29.7 Å². The van der Waals surface area contributed by atoms with Crippen LogP contribution in [0.25, 0.3) is 0 Å². The predicted octanol–water partition coefficient (Wildman–Crippen LogP) is 2.02.